The molecule has 9 heteroatoms. The summed E-state index contributed by atoms with van der Waals surface area (Å²) in [6, 6.07) is 1.06. The molecule has 22 heavy (non-hydrogen) atoms. The van der Waals surface area contributed by atoms with Crippen LogP contribution in [0.1, 0.15) is 26.5 Å². The number of hydrogen-bond donors (Lipinski definition) is 2. The molecule has 0 fully saturated rings. The van der Waals surface area contributed by atoms with Gasteiger partial charge in [0.05, 0.1) is 11.9 Å². The molecular formula is C13H17F2N5O2. The van der Waals surface area contributed by atoms with Crippen molar-refractivity contribution in [3.8, 4) is 0 Å². The van der Waals surface area contributed by atoms with Crippen LogP contribution in [0.25, 0.3) is 0 Å². The van der Waals surface area contributed by atoms with Crippen molar-refractivity contribution in [2.45, 2.75) is 39.2 Å². The molecule has 2 aromatic heterocycles. The van der Waals surface area contributed by atoms with Crippen molar-refractivity contribution >= 4 is 17.5 Å². The largest absolute Gasteiger partial charge is 0.359 e. The second-order valence-corrected chi connectivity index (χ2v) is 5.75. The van der Waals surface area contributed by atoms with E-state index in [9.17, 15) is 13.6 Å². The Kier molecular flexibility index (Phi) is 4.43. The zero-order chi connectivity index (χ0) is 16.3. The summed E-state index contributed by atoms with van der Waals surface area (Å²) in [4.78, 5) is 11.8. The number of rotatable bonds is 4. The third-order valence-electron chi connectivity index (χ3n) is 2.71. The average Bonchev–Trinajstić information content (AvgIpc) is 2.97. The van der Waals surface area contributed by atoms with Crippen LogP contribution in [0.15, 0.2) is 23.0 Å². The summed E-state index contributed by atoms with van der Waals surface area (Å²) in [6.07, 6.45) is 0.0908. The predicted molar refractivity (Wildman–Crippen MR) is 76.1 cm³/mol. The number of nitrogens with one attached hydrogen (secondary N) is 2. The fraction of sp³-hybridized carbons (Fsp3) is 0.462. The monoisotopic (exact) mass is 313 g/mol. The maximum atomic E-state index is 12.2. The molecule has 2 rings (SSSR count). The third-order valence-corrected chi connectivity index (χ3v) is 2.71. The van der Waals surface area contributed by atoms with E-state index >= 15 is 0 Å². The second kappa shape index (κ2) is 6.12. The number of halogens is 2. The molecule has 2 N–H and O–H groups in total. The molecular weight excluding hydrogens is 296 g/mol. The maximum Gasteiger partial charge on any atom is 0.325 e. The van der Waals surface area contributed by atoms with Crippen molar-refractivity contribution in [3.05, 3.63) is 24.2 Å². The normalized spacial score (nSPS) is 11.7. The number of carbonyl (C=O) groups is 1. The van der Waals surface area contributed by atoms with Gasteiger partial charge < -0.3 is 9.84 Å². The molecule has 0 saturated carbocycles. The van der Waals surface area contributed by atoms with Gasteiger partial charge in [0.1, 0.15) is 12.3 Å². The zero-order valence-corrected chi connectivity index (χ0v) is 12.4. The summed E-state index contributed by atoms with van der Waals surface area (Å²) in [5.41, 5.74) is 0.0810. The van der Waals surface area contributed by atoms with E-state index in [1.165, 1.54) is 12.4 Å². The molecule has 7 nitrogen and oxygen atoms in total. The van der Waals surface area contributed by atoms with Gasteiger partial charge in [-0.2, -0.15) is 5.10 Å². The van der Waals surface area contributed by atoms with E-state index in [4.69, 9.17) is 4.52 Å². The Balaban J connectivity index is 1.93. The van der Waals surface area contributed by atoms with E-state index in [0.29, 0.717) is 11.4 Å². The fourth-order valence-electron chi connectivity index (χ4n) is 1.64. The average molecular weight is 313 g/mol. The Labute approximate surface area is 125 Å². The summed E-state index contributed by atoms with van der Waals surface area (Å²) >= 11 is 0. The Morgan fingerprint density at radius 2 is 2.14 bits per heavy atom. The van der Waals surface area contributed by atoms with Crippen LogP contribution in [0.2, 0.25) is 0 Å². The molecule has 0 unspecified atom stereocenters. The smallest absolute Gasteiger partial charge is 0.325 e. The number of anilines is 2. The van der Waals surface area contributed by atoms with Gasteiger partial charge in [-0.25, -0.2) is 13.6 Å². The van der Waals surface area contributed by atoms with Crippen LogP contribution in [0.4, 0.5) is 25.1 Å². The molecule has 2 aromatic rings. The highest BCUT2D eigenvalue weighted by atomic mass is 19.3. The number of alkyl halides is 2. The molecule has 120 valence electrons. The van der Waals surface area contributed by atoms with Crippen molar-refractivity contribution in [2.75, 3.05) is 10.6 Å². The molecule has 0 aliphatic rings. The minimum atomic E-state index is -2.51. The van der Waals surface area contributed by atoms with E-state index in [2.05, 4.69) is 20.9 Å². The van der Waals surface area contributed by atoms with Crippen LogP contribution in [0, 0.1) is 0 Å². The van der Waals surface area contributed by atoms with Gasteiger partial charge in [0, 0.05) is 17.7 Å². The molecule has 2 amide bonds. The first-order valence-electron chi connectivity index (χ1n) is 6.60. The van der Waals surface area contributed by atoms with E-state index in [1.807, 2.05) is 20.8 Å². The SMILES string of the molecule is CC(C)(C)c1cc(NC(=O)Nc2cnn(CC(F)F)c2)no1. The molecule has 0 atom stereocenters. The summed E-state index contributed by atoms with van der Waals surface area (Å²) in [5.74, 6) is 0.898. The van der Waals surface area contributed by atoms with Gasteiger partial charge in [0.25, 0.3) is 6.43 Å². The number of aromatic nitrogens is 3. The number of amides is 2. The quantitative estimate of drug-likeness (QED) is 0.908. The molecule has 0 bridgehead atoms. The van der Waals surface area contributed by atoms with Gasteiger partial charge in [-0.15, -0.1) is 0 Å². The summed E-state index contributed by atoms with van der Waals surface area (Å²) in [5, 5.41) is 12.4. The first kappa shape index (κ1) is 15.9. The van der Waals surface area contributed by atoms with Gasteiger partial charge in [-0.05, 0) is 0 Å². The highest BCUT2D eigenvalue weighted by molar-refractivity contribution is 5.98. The third kappa shape index (κ3) is 4.27. The lowest BCUT2D eigenvalue weighted by Gasteiger charge is -2.12. The minimum absolute atomic E-state index is 0.222. The topological polar surface area (TPSA) is 85.0 Å². The van der Waals surface area contributed by atoms with Crippen LogP contribution in [-0.4, -0.2) is 27.4 Å². The number of nitrogens with zero attached hydrogens (tertiary/aromatic N) is 3. The lowest BCUT2D eigenvalue weighted by molar-refractivity contribution is 0.122. The number of hydrogen-bond acceptors (Lipinski definition) is 4. The Hall–Kier alpha value is -2.45. The van der Waals surface area contributed by atoms with E-state index < -0.39 is 19.0 Å². The lowest BCUT2D eigenvalue weighted by atomic mass is 9.93. The van der Waals surface area contributed by atoms with Crippen molar-refractivity contribution in [3.63, 3.8) is 0 Å². The van der Waals surface area contributed by atoms with E-state index in [1.54, 1.807) is 6.07 Å². The van der Waals surface area contributed by atoms with Gasteiger partial charge >= 0.3 is 6.03 Å². The molecule has 0 saturated heterocycles. The van der Waals surface area contributed by atoms with Gasteiger partial charge in [-0.3, -0.25) is 10.00 Å². The molecule has 0 radical (unpaired) electrons. The van der Waals surface area contributed by atoms with E-state index in [0.717, 1.165) is 4.68 Å². The highest BCUT2D eigenvalue weighted by Crippen LogP contribution is 2.24. The Morgan fingerprint density at radius 3 is 2.73 bits per heavy atom. The molecule has 0 aromatic carbocycles. The van der Waals surface area contributed by atoms with Crippen molar-refractivity contribution in [1.29, 1.82) is 0 Å². The summed E-state index contributed by atoms with van der Waals surface area (Å²) < 4.78 is 30.6. The molecule has 0 spiro atoms. The zero-order valence-electron chi connectivity index (χ0n) is 12.4. The summed E-state index contributed by atoms with van der Waals surface area (Å²) in [6.45, 7) is 5.33. The van der Waals surface area contributed by atoms with Crippen molar-refractivity contribution in [1.82, 2.24) is 14.9 Å². The fourth-order valence-corrected chi connectivity index (χ4v) is 1.64. The first-order valence-corrected chi connectivity index (χ1v) is 6.60. The van der Waals surface area contributed by atoms with Crippen LogP contribution in [0.3, 0.4) is 0 Å². The molecule has 2 heterocycles. The minimum Gasteiger partial charge on any atom is -0.359 e. The number of urea groups is 1. The predicted octanol–water partition coefficient (Wildman–Crippen LogP) is 3.08. The van der Waals surface area contributed by atoms with E-state index in [-0.39, 0.29) is 11.2 Å². The van der Waals surface area contributed by atoms with Crippen LogP contribution in [0.5, 0.6) is 0 Å². The van der Waals surface area contributed by atoms with Crippen LogP contribution in [-0.2, 0) is 12.0 Å². The van der Waals surface area contributed by atoms with Gasteiger partial charge in [-0.1, -0.05) is 25.9 Å². The Bertz CT molecular complexity index is 645. The number of carbonyl (C=O) groups excluding carboxylic acids is 1. The van der Waals surface area contributed by atoms with Crippen molar-refractivity contribution in [2.24, 2.45) is 0 Å². The van der Waals surface area contributed by atoms with Gasteiger partial charge in [0.15, 0.2) is 5.82 Å². The second-order valence-electron chi connectivity index (χ2n) is 5.75. The molecule has 0 aliphatic heterocycles. The Morgan fingerprint density at radius 1 is 1.41 bits per heavy atom. The van der Waals surface area contributed by atoms with Gasteiger partial charge in [0.2, 0.25) is 0 Å². The first-order chi connectivity index (χ1) is 10.2. The van der Waals surface area contributed by atoms with Crippen molar-refractivity contribution < 1.29 is 18.1 Å². The highest BCUT2D eigenvalue weighted by Gasteiger charge is 2.20. The molecule has 0 aliphatic carbocycles. The maximum absolute atomic E-state index is 12.2. The van der Waals surface area contributed by atoms with Crippen LogP contribution >= 0.6 is 0 Å². The summed E-state index contributed by atoms with van der Waals surface area (Å²) in [7, 11) is 0. The van der Waals surface area contributed by atoms with Crippen LogP contribution < -0.4 is 10.6 Å². The lowest BCUT2D eigenvalue weighted by Crippen LogP contribution is -2.19. The standard InChI is InChI=1S/C13H17F2N5O2/c1-13(2,3)9-4-11(19-22-9)18-12(21)17-8-5-16-20(6-8)7-10(14)15/h4-6,10H,7H2,1-3H3,(H2,17,18,19,21).